The van der Waals surface area contributed by atoms with Gasteiger partial charge in [0.1, 0.15) is 5.82 Å². The summed E-state index contributed by atoms with van der Waals surface area (Å²) < 4.78 is 2.28. The van der Waals surface area contributed by atoms with Crippen molar-refractivity contribution in [3.05, 3.63) is 48.9 Å². The zero-order chi connectivity index (χ0) is 17.8. The van der Waals surface area contributed by atoms with Crippen molar-refractivity contribution in [1.82, 2.24) is 24.3 Å². The van der Waals surface area contributed by atoms with Crippen molar-refractivity contribution in [2.24, 2.45) is 0 Å². The van der Waals surface area contributed by atoms with Crippen molar-refractivity contribution in [3.63, 3.8) is 0 Å². The fraction of sp³-hybridized carbons (Fsp3) is 0.429. The van der Waals surface area contributed by atoms with E-state index in [1.807, 2.05) is 18.5 Å². The van der Waals surface area contributed by atoms with Gasteiger partial charge in [0.2, 0.25) is 0 Å². The number of aryl methyl sites for hydroxylation is 1. The summed E-state index contributed by atoms with van der Waals surface area (Å²) >= 11 is 0. The van der Waals surface area contributed by atoms with E-state index in [2.05, 4.69) is 61.7 Å². The van der Waals surface area contributed by atoms with Crippen molar-refractivity contribution in [1.29, 1.82) is 0 Å². The third kappa shape index (κ3) is 3.79. The van der Waals surface area contributed by atoms with E-state index in [-0.39, 0.29) is 0 Å². The fourth-order valence-corrected chi connectivity index (χ4v) is 3.76. The Kier molecular flexibility index (Phi) is 5.27. The number of fused-ring (bicyclic) bond motifs is 1. The molecular weight excluding hydrogens is 322 g/mol. The van der Waals surface area contributed by atoms with Gasteiger partial charge < -0.3 is 14.4 Å². The second kappa shape index (κ2) is 7.98. The average Bonchev–Trinajstić information content (AvgIpc) is 3.17. The molecule has 1 aromatic carbocycles. The summed E-state index contributed by atoms with van der Waals surface area (Å²) in [5.41, 5.74) is 2.19. The Morgan fingerprint density at radius 1 is 0.923 bits per heavy atom. The summed E-state index contributed by atoms with van der Waals surface area (Å²) in [4.78, 5) is 14.1. The first kappa shape index (κ1) is 17.2. The molecule has 0 spiro atoms. The molecule has 0 radical (unpaired) electrons. The largest absolute Gasteiger partial charge is 0.331 e. The highest BCUT2D eigenvalue weighted by atomic mass is 15.3. The second-order valence-corrected chi connectivity index (χ2v) is 6.98. The number of benzene rings is 1. The first-order valence-corrected chi connectivity index (χ1v) is 9.64. The normalized spacial score (nSPS) is 16.3. The first-order chi connectivity index (χ1) is 12.8. The van der Waals surface area contributed by atoms with E-state index in [1.165, 1.54) is 32.7 Å². The number of rotatable bonds is 6. The quantitative estimate of drug-likeness (QED) is 0.685. The molecule has 0 N–H and O–H groups in total. The van der Waals surface area contributed by atoms with Gasteiger partial charge in [-0.3, -0.25) is 4.98 Å². The van der Waals surface area contributed by atoms with E-state index in [4.69, 9.17) is 0 Å². The van der Waals surface area contributed by atoms with Crippen molar-refractivity contribution < 1.29 is 0 Å². The molecule has 0 bridgehead atoms. The molecule has 3 heterocycles. The van der Waals surface area contributed by atoms with Crippen LogP contribution in [-0.2, 0) is 6.54 Å². The van der Waals surface area contributed by atoms with E-state index in [1.54, 1.807) is 0 Å². The van der Waals surface area contributed by atoms with Gasteiger partial charge in [0.15, 0.2) is 0 Å². The van der Waals surface area contributed by atoms with Crippen LogP contribution in [0.1, 0.15) is 13.3 Å². The molecule has 2 aromatic heterocycles. The third-order valence-corrected chi connectivity index (χ3v) is 5.36. The molecule has 1 saturated heterocycles. The highest BCUT2D eigenvalue weighted by molar-refractivity contribution is 5.83. The fourth-order valence-electron chi connectivity index (χ4n) is 3.76. The highest BCUT2D eigenvalue weighted by Crippen LogP contribution is 2.22. The summed E-state index contributed by atoms with van der Waals surface area (Å²) in [6, 6.07) is 10.5. The number of nitrogens with zero attached hydrogens (tertiary/aromatic N) is 5. The molecule has 1 fully saturated rings. The number of piperazine rings is 1. The smallest absolute Gasteiger partial charge is 0.139 e. The van der Waals surface area contributed by atoms with Gasteiger partial charge in [0, 0.05) is 62.3 Å². The van der Waals surface area contributed by atoms with Crippen LogP contribution in [-0.4, -0.2) is 63.6 Å². The first-order valence-electron chi connectivity index (χ1n) is 9.64. The lowest BCUT2D eigenvalue weighted by Crippen LogP contribution is -2.46. The Balaban J connectivity index is 1.39. The van der Waals surface area contributed by atoms with Crippen molar-refractivity contribution in [2.45, 2.75) is 19.9 Å². The maximum absolute atomic E-state index is 4.60. The highest BCUT2D eigenvalue weighted by Gasteiger charge is 2.15. The molecule has 0 saturated carbocycles. The van der Waals surface area contributed by atoms with Gasteiger partial charge in [-0.2, -0.15) is 0 Å². The van der Waals surface area contributed by atoms with Crippen LogP contribution in [0.3, 0.4) is 0 Å². The van der Waals surface area contributed by atoms with Gasteiger partial charge in [-0.15, -0.1) is 0 Å². The van der Waals surface area contributed by atoms with Crippen LogP contribution in [0.25, 0.3) is 22.3 Å². The number of imidazole rings is 1. The Morgan fingerprint density at radius 2 is 1.77 bits per heavy atom. The van der Waals surface area contributed by atoms with Gasteiger partial charge >= 0.3 is 0 Å². The van der Waals surface area contributed by atoms with Crippen LogP contribution in [0.15, 0.2) is 48.9 Å². The molecule has 26 heavy (non-hydrogen) atoms. The molecule has 0 atom stereocenters. The zero-order valence-corrected chi connectivity index (χ0v) is 15.5. The number of hydrogen-bond donors (Lipinski definition) is 0. The Bertz CT molecular complexity index is 848. The van der Waals surface area contributed by atoms with Gasteiger partial charge in [-0.25, -0.2) is 4.98 Å². The van der Waals surface area contributed by atoms with Crippen molar-refractivity contribution in [3.8, 4) is 11.4 Å². The minimum Gasteiger partial charge on any atom is -0.331 e. The minimum atomic E-state index is 1.01. The number of aromatic nitrogens is 3. The molecule has 1 aliphatic rings. The monoisotopic (exact) mass is 349 g/mol. The molecule has 136 valence electrons. The van der Waals surface area contributed by atoms with E-state index >= 15 is 0 Å². The van der Waals surface area contributed by atoms with E-state index in [0.29, 0.717) is 0 Å². The Labute approximate surface area is 155 Å². The summed E-state index contributed by atoms with van der Waals surface area (Å²) in [5.74, 6) is 1.05. The lowest BCUT2D eigenvalue weighted by molar-refractivity contribution is 0.135. The molecule has 5 nitrogen and oxygen atoms in total. The Hall–Kier alpha value is -2.24. The van der Waals surface area contributed by atoms with Gasteiger partial charge in [0.25, 0.3) is 0 Å². The van der Waals surface area contributed by atoms with Gasteiger partial charge in [-0.1, -0.05) is 13.0 Å². The summed E-state index contributed by atoms with van der Waals surface area (Å²) in [7, 11) is 0. The van der Waals surface area contributed by atoms with Crippen LogP contribution in [0.2, 0.25) is 0 Å². The van der Waals surface area contributed by atoms with Gasteiger partial charge in [-0.05, 0) is 43.8 Å². The minimum absolute atomic E-state index is 1.01. The second-order valence-electron chi connectivity index (χ2n) is 6.98. The van der Waals surface area contributed by atoms with Gasteiger partial charge in [0.05, 0.1) is 5.52 Å². The molecule has 0 aliphatic carbocycles. The lowest BCUT2D eigenvalue weighted by atomic mass is 10.1. The number of likely N-dealkylation sites (N-methyl/N-ethyl adjacent to an activating group) is 1. The number of hydrogen-bond acceptors (Lipinski definition) is 4. The van der Waals surface area contributed by atoms with Crippen LogP contribution in [0.4, 0.5) is 0 Å². The summed E-state index contributed by atoms with van der Waals surface area (Å²) in [6.45, 7) is 10.4. The standard InChI is InChI=1S/C21H27N5/c1-2-24-13-15-25(16-14-24)10-4-11-26-12-9-23-21(26)19-6-7-20-18(17-19)5-3-8-22-20/h3,5-9,12,17H,2,4,10-11,13-16H2,1H3. The maximum atomic E-state index is 4.60. The molecule has 5 heteroatoms. The third-order valence-electron chi connectivity index (χ3n) is 5.36. The Morgan fingerprint density at radius 3 is 2.62 bits per heavy atom. The van der Waals surface area contributed by atoms with E-state index < -0.39 is 0 Å². The van der Waals surface area contributed by atoms with E-state index in [0.717, 1.165) is 41.8 Å². The van der Waals surface area contributed by atoms with Crippen LogP contribution in [0.5, 0.6) is 0 Å². The van der Waals surface area contributed by atoms with Crippen LogP contribution in [0, 0.1) is 0 Å². The predicted molar refractivity (Wildman–Crippen MR) is 106 cm³/mol. The molecule has 4 rings (SSSR count). The lowest BCUT2D eigenvalue weighted by Gasteiger charge is -2.34. The molecular formula is C21H27N5. The van der Waals surface area contributed by atoms with E-state index in [9.17, 15) is 0 Å². The molecule has 1 aliphatic heterocycles. The molecule has 0 unspecified atom stereocenters. The number of pyridine rings is 1. The molecule has 3 aromatic rings. The molecule has 0 amide bonds. The van der Waals surface area contributed by atoms with Crippen molar-refractivity contribution >= 4 is 10.9 Å². The predicted octanol–water partition coefficient (Wildman–Crippen LogP) is 3.13. The SMILES string of the molecule is CCN1CCN(CCCn2ccnc2-c2ccc3ncccc3c2)CC1. The topological polar surface area (TPSA) is 37.2 Å². The summed E-state index contributed by atoms with van der Waals surface area (Å²) in [5, 5.41) is 1.16. The maximum Gasteiger partial charge on any atom is 0.139 e. The van der Waals surface area contributed by atoms with Crippen molar-refractivity contribution in [2.75, 3.05) is 39.3 Å². The van der Waals surface area contributed by atoms with Crippen LogP contribution >= 0.6 is 0 Å². The zero-order valence-electron chi connectivity index (χ0n) is 15.5. The summed E-state index contributed by atoms with van der Waals surface area (Å²) in [6.07, 6.45) is 6.99. The van der Waals surface area contributed by atoms with Crippen LogP contribution < -0.4 is 0 Å². The average molecular weight is 349 g/mol.